The first-order chi connectivity index (χ1) is 13.0. The zero-order valence-electron chi connectivity index (χ0n) is 15.2. The SMILES string of the molecule is CCC(NC(=O)CCNC(=O)CCC(=O)c1cccs1)c1ccc(Cl)cc1. The number of rotatable bonds is 10. The van der Waals surface area contributed by atoms with Crippen LogP contribution >= 0.6 is 22.9 Å². The van der Waals surface area contributed by atoms with Crippen LogP contribution in [-0.4, -0.2) is 24.1 Å². The van der Waals surface area contributed by atoms with Gasteiger partial charge >= 0.3 is 0 Å². The Morgan fingerprint density at radius 3 is 2.41 bits per heavy atom. The Kier molecular flexibility index (Phi) is 8.48. The number of hydrogen-bond acceptors (Lipinski definition) is 4. The minimum absolute atomic E-state index is 0.0355. The average molecular weight is 407 g/mol. The second-order valence-corrected chi connectivity index (χ2v) is 7.46. The van der Waals surface area contributed by atoms with Crippen molar-refractivity contribution in [2.24, 2.45) is 0 Å². The van der Waals surface area contributed by atoms with E-state index in [4.69, 9.17) is 11.6 Å². The Labute approximate surface area is 168 Å². The normalized spacial score (nSPS) is 11.6. The first kappa shape index (κ1) is 21.1. The molecule has 0 radical (unpaired) electrons. The van der Waals surface area contributed by atoms with E-state index in [1.165, 1.54) is 11.3 Å². The fourth-order valence-electron chi connectivity index (χ4n) is 2.57. The van der Waals surface area contributed by atoms with Crippen LogP contribution < -0.4 is 10.6 Å². The fourth-order valence-corrected chi connectivity index (χ4v) is 3.39. The molecule has 2 aromatic rings. The van der Waals surface area contributed by atoms with Gasteiger partial charge in [-0.05, 0) is 35.6 Å². The number of nitrogens with one attached hydrogen (secondary N) is 2. The van der Waals surface area contributed by atoms with Crippen molar-refractivity contribution in [3.05, 3.63) is 57.2 Å². The number of carbonyl (C=O) groups excluding carboxylic acids is 3. The van der Waals surface area contributed by atoms with Crippen LogP contribution in [0.15, 0.2) is 41.8 Å². The minimum Gasteiger partial charge on any atom is -0.356 e. The molecule has 0 bridgehead atoms. The molecule has 0 saturated carbocycles. The lowest BCUT2D eigenvalue weighted by Crippen LogP contribution is -2.32. The highest BCUT2D eigenvalue weighted by Gasteiger charge is 2.13. The zero-order valence-corrected chi connectivity index (χ0v) is 16.7. The van der Waals surface area contributed by atoms with Crippen LogP contribution in [0, 0.1) is 0 Å². The molecule has 27 heavy (non-hydrogen) atoms. The smallest absolute Gasteiger partial charge is 0.222 e. The zero-order chi connectivity index (χ0) is 19.6. The second kappa shape index (κ2) is 10.8. The van der Waals surface area contributed by atoms with E-state index in [9.17, 15) is 14.4 Å². The molecular formula is C20H23ClN2O3S. The van der Waals surface area contributed by atoms with Crippen LogP contribution in [0.5, 0.6) is 0 Å². The van der Waals surface area contributed by atoms with Crippen LogP contribution in [0.4, 0.5) is 0 Å². The molecule has 0 spiro atoms. The van der Waals surface area contributed by atoms with Gasteiger partial charge in [0.1, 0.15) is 0 Å². The first-order valence-corrected chi connectivity index (χ1v) is 10.1. The van der Waals surface area contributed by atoms with Crippen molar-refractivity contribution in [1.29, 1.82) is 0 Å². The van der Waals surface area contributed by atoms with Gasteiger partial charge in [0.2, 0.25) is 11.8 Å². The van der Waals surface area contributed by atoms with E-state index in [-0.39, 0.29) is 49.4 Å². The lowest BCUT2D eigenvalue weighted by Gasteiger charge is -2.17. The highest BCUT2D eigenvalue weighted by atomic mass is 35.5. The maximum atomic E-state index is 12.1. The molecule has 7 heteroatoms. The van der Waals surface area contributed by atoms with Crippen LogP contribution in [0.3, 0.4) is 0 Å². The third-order valence-electron chi connectivity index (χ3n) is 4.07. The first-order valence-electron chi connectivity index (χ1n) is 8.87. The summed E-state index contributed by atoms with van der Waals surface area (Å²) in [5.41, 5.74) is 0.992. The molecule has 1 aromatic carbocycles. The molecule has 2 N–H and O–H groups in total. The van der Waals surface area contributed by atoms with Gasteiger partial charge in [-0.1, -0.05) is 36.7 Å². The number of benzene rings is 1. The summed E-state index contributed by atoms with van der Waals surface area (Å²) in [6.07, 6.45) is 1.24. The van der Waals surface area contributed by atoms with E-state index in [0.29, 0.717) is 9.90 Å². The van der Waals surface area contributed by atoms with Crippen molar-refractivity contribution < 1.29 is 14.4 Å². The van der Waals surface area contributed by atoms with Gasteiger partial charge < -0.3 is 10.6 Å². The Balaban J connectivity index is 1.67. The standard InChI is InChI=1S/C20H23ClN2O3S/c1-2-16(14-5-7-15(21)8-6-14)23-20(26)11-12-22-19(25)10-9-17(24)18-4-3-13-27-18/h3-8,13,16H,2,9-12H2,1H3,(H,22,25)(H,23,26). The number of Topliss-reactive ketones (excluding diaryl/α,β-unsaturated/α-hetero) is 1. The third-order valence-corrected chi connectivity index (χ3v) is 5.23. The Morgan fingerprint density at radius 2 is 1.78 bits per heavy atom. The molecule has 2 rings (SSSR count). The molecule has 2 amide bonds. The van der Waals surface area contributed by atoms with E-state index in [1.807, 2.05) is 30.5 Å². The van der Waals surface area contributed by atoms with Crippen molar-refractivity contribution in [3.8, 4) is 0 Å². The van der Waals surface area contributed by atoms with Gasteiger partial charge in [-0.15, -0.1) is 11.3 Å². The summed E-state index contributed by atoms with van der Waals surface area (Å²) in [6.45, 7) is 2.24. The molecular weight excluding hydrogens is 384 g/mol. The molecule has 5 nitrogen and oxygen atoms in total. The summed E-state index contributed by atoms with van der Waals surface area (Å²) >= 11 is 7.26. The molecule has 1 heterocycles. The summed E-state index contributed by atoms with van der Waals surface area (Å²) in [7, 11) is 0. The van der Waals surface area contributed by atoms with Gasteiger partial charge in [0.05, 0.1) is 10.9 Å². The minimum atomic E-state index is -0.225. The van der Waals surface area contributed by atoms with E-state index in [1.54, 1.807) is 18.2 Å². The highest BCUT2D eigenvalue weighted by molar-refractivity contribution is 7.12. The maximum absolute atomic E-state index is 12.1. The third kappa shape index (κ3) is 7.15. The monoisotopic (exact) mass is 406 g/mol. The summed E-state index contributed by atoms with van der Waals surface area (Å²) in [4.78, 5) is 36.5. The largest absolute Gasteiger partial charge is 0.356 e. The summed E-state index contributed by atoms with van der Waals surface area (Å²) in [5, 5.41) is 8.13. The highest BCUT2D eigenvalue weighted by Crippen LogP contribution is 2.19. The summed E-state index contributed by atoms with van der Waals surface area (Å²) in [6, 6.07) is 10.8. The molecule has 144 valence electrons. The molecule has 0 aliphatic carbocycles. The topological polar surface area (TPSA) is 75.3 Å². The molecule has 0 fully saturated rings. The van der Waals surface area contributed by atoms with Gasteiger partial charge in [-0.3, -0.25) is 14.4 Å². The lowest BCUT2D eigenvalue weighted by atomic mass is 10.0. The molecule has 1 atom stereocenters. The van der Waals surface area contributed by atoms with Gasteiger partial charge in [-0.25, -0.2) is 0 Å². The lowest BCUT2D eigenvalue weighted by molar-refractivity contribution is -0.122. The Bertz CT molecular complexity index is 760. The van der Waals surface area contributed by atoms with Crippen LogP contribution in [-0.2, 0) is 9.59 Å². The van der Waals surface area contributed by atoms with Gasteiger partial charge in [0.15, 0.2) is 5.78 Å². The molecule has 1 aromatic heterocycles. The number of thiophene rings is 1. The molecule has 1 unspecified atom stereocenters. The van der Waals surface area contributed by atoms with E-state index in [0.717, 1.165) is 12.0 Å². The Hall–Kier alpha value is -2.18. The van der Waals surface area contributed by atoms with Gasteiger partial charge in [0.25, 0.3) is 0 Å². The number of carbonyl (C=O) groups is 3. The van der Waals surface area contributed by atoms with Crippen LogP contribution in [0.2, 0.25) is 5.02 Å². The Morgan fingerprint density at radius 1 is 1.04 bits per heavy atom. The van der Waals surface area contributed by atoms with Crippen molar-refractivity contribution in [2.45, 2.75) is 38.6 Å². The number of hydrogen-bond donors (Lipinski definition) is 2. The molecule has 0 aliphatic rings. The van der Waals surface area contributed by atoms with Crippen molar-refractivity contribution in [1.82, 2.24) is 10.6 Å². The summed E-state index contributed by atoms with van der Waals surface area (Å²) < 4.78 is 0. The van der Waals surface area contributed by atoms with Crippen LogP contribution in [0.25, 0.3) is 0 Å². The average Bonchev–Trinajstić information content (AvgIpc) is 3.20. The quantitative estimate of drug-likeness (QED) is 0.582. The van der Waals surface area contributed by atoms with Crippen LogP contribution in [0.1, 0.15) is 53.9 Å². The van der Waals surface area contributed by atoms with Crippen molar-refractivity contribution >= 4 is 40.5 Å². The molecule has 0 saturated heterocycles. The second-order valence-electron chi connectivity index (χ2n) is 6.08. The van der Waals surface area contributed by atoms with Crippen molar-refractivity contribution in [3.63, 3.8) is 0 Å². The fraction of sp³-hybridized carbons (Fsp3) is 0.350. The van der Waals surface area contributed by atoms with E-state index in [2.05, 4.69) is 10.6 Å². The number of halogens is 1. The van der Waals surface area contributed by atoms with E-state index >= 15 is 0 Å². The maximum Gasteiger partial charge on any atom is 0.222 e. The summed E-state index contributed by atoms with van der Waals surface area (Å²) in [5.74, 6) is -0.393. The van der Waals surface area contributed by atoms with E-state index < -0.39 is 0 Å². The van der Waals surface area contributed by atoms with Gasteiger partial charge in [0, 0.05) is 30.8 Å². The predicted molar refractivity (Wildman–Crippen MR) is 108 cm³/mol. The van der Waals surface area contributed by atoms with Crippen molar-refractivity contribution in [2.75, 3.05) is 6.54 Å². The number of ketones is 1. The number of amides is 2. The molecule has 0 aliphatic heterocycles. The predicted octanol–water partition coefficient (Wildman–Crippen LogP) is 4.14. The van der Waals surface area contributed by atoms with Gasteiger partial charge in [-0.2, -0.15) is 0 Å².